The van der Waals surface area contributed by atoms with Gasteiger partial charge in [0.1, 0.15) is 18.3 Å². The summed E-state index contributed by atoms with van der Waals surface area (Å²) in [5.41, 5.74) is 1.71. The molecule has 0 fully saturated rings. The van der Waals surface area contributed by atoms with Crippen LogP contribution in [-0.2, 0) is 9.53 Å². The van der Waals surface area contributed by atoms with Crippen molar-refractivity contribution in [2.45, 2.75) is 26.0 Å². The molecule has 1 aliphatic heterocycles. The molecule has 3 rings (SSSR count). The van der Waals surface area contributed by atoms with Gasteiger partial charge in [0, 0.05) is 43.9 Å². The Morgan fingerprint density at radius 1 is 1.32 bits per heavy atom. The molecule has 0 aliphatic carbocycles. The molecule has 2 aromatic rings. The van der Waals surface area contributed by atoms with E-state index in [-0.39, 0.29) is 42.4 Å². The van der Waals surface area contributed by atoms with Gasteiger partial charge in [0.2, 0.25) is 11.8 Å². The van der Waals surface area contributed by atoms with Gasteiger partial charge >= 0.3 is 0 Å². The molecule has 2 amide bonds. The maximum absolute atomic E-state index is 13.4. The zero-order chi connectivity index (χ0) is 24.7. The van der Waals surface area contributed by atoms with Gasteiger partial charge in [-0.05, 0) is 25.1 Å². The fourth-order valence-electron chi connectivity index (χ4n) is 3.66. The van der Waals surface area contributed by atoms with Crippen molar-refractivity contribution in [1.82, 2.24) is 14.8 Å². The monoisotopic (exact) mass is 465 g/mol. The molecule has 1 N–H and O–H groups in total. The van der Waals surface area contributed by atoms with Gasteiger partial charge < -0.3 is 24.4 Å². The summed E-state index contributed by atoms with van der Waals surface area (Å²) in [6, 6.07) is 10.8. The molecule has 8 nitrogen and oxygen atoms in total. The fraction of sp³-hybridized carbons (Fsp3) is 0.423. The van der Waals surface area contributed by atoms with E-state index in [1.165, 1.54) is 7.11 Å². The Morgan fingerprint density at radius 2 is 2.03 bits per heavy atom. The molecule has 1 aromatic carbocycles. The number of nitrogens with zero attached hydrogens (tertiary/aromatic N) is 3. The summed E-state index contributed by atoms with van der Waals surface area (Å²) < 4.78 is 11.1. The van der Waals surface area contributed by atoms with Crippen LogP contribution in [0.15, 0.2) is 42.6 Å². The smallest absolute Gasteiger partial charge is 0.259 e. The largest absolute Gasteiger partial charge is 0.472 e. The van der Waals surface area contributed by atoms with Crippen molar-refractivity contribution in [2.24, 2.45) is 5.92 Å². The van der Waals surface area contributed by atoms with Crippen LogP contribution in [0.5, 0.6) is 5.88 Å². The van der Waals surface area contributed by atoms with Crippen molar-refractivity contribution in [2.75, 3.05) is 40.5 Å². The zero-order valence-electron chi connectivity index (χ0n) is 20.0. The van der Waals surface area contributed by atoms with E-state index in [0.717, 1.165) is 5.56 Å². The van der Waals surface area contributed by atoms with Crippen molar-refractivity contribution in [3.05, 3.63) is 59.3 Å². The molecule has 0 bridgehead atoms. The summed E-state index contributed by atoms with van der Waals surface area (Å²) in [4.78, 5) is 33.3. The third-order valence-corrected chi connectivity index (χ3v) is 5.79. The summed E-state index contributed by atoms with van der Waals surface area (Å²) in [6.45, 7) is 4.21. The molecule has 34 heavy (non-hydrogen) atoms. The van der Waals surface area contributed by atoms with Crippen LogP contribution in [0.3, 0.4) is 0 Å². The maximum Gasteiger partial charge on any atom is 0.259 e. The predicted octanol–water partition coefficient (Wildman–Crippen LogP) is 1.81. The molecule has 2 heterocycles. The number of carbonyl (C=O) groups excluding carboxylic acids is 2. The molecule has 0 spiro atoms. The number of hydrogen-bond acceptors (Lipinski definition) is 6. The normalized spacial score (nSPS) is 18.5. The van der Waals surface area contributed by atoms with E-state index in [1.807, 2.05) is 37.3 Å². The highest BCUT2D eigenvalue weighted by atomic mass is 16.5. The molecular formula is C26H31N3O5. The lowest BCUT2D eigenvalue weighted by Gasteiger charge is -2.37. The van der Waals surface area contributed by atoms with E-state index >= 15 is 0 Å². The molecule has 0 saturated carbocycles. The Kier molecular flexibility index (Phi) is 8.63. The fourth-order valence-corrected chi connectivity index (χ4v) is 3.66. The number of aliphatic hydroxyl groups is 1. The van der Waals surface area contributed by atoms with Crippen LogP contribution in [0.2, 0.25) is 0 Å². The van der Waals surface area contributed by atoms with Gasteiger partial charge in [0.15, 0.2) is 0 Å². The second-order valence-electron chi connectivity index (χ2n) is 8.52. The van der Waals surface area contributed by atoms with E-state index in [0.29, 0.717) is 18.7 Å². The van der Waals surface area contributed by atoms with Crippen molar-refractivity contribution in [1.29, 1.82) is 0 Å². The number of carbonyl (C=O) groups is 2. The highest BCUT2D eigenvalue weighted by Gasteiger charge is 2.34. The molecule has 0 unspecified atom stereocenters. The van der Waals surface area contributed by atoms with Crippen LogP contribution in [-0.4, -0.2) is 84.3 Å². The number of hydrogen-bond donors (Lipinski definition) is 1. The Hall–Kier alpha value is -3.41. The number of amides is 2. The quantitative estimate of drug-likeness (QED) is 0.655. The molecule has 1 aliphatic rings. The molecule has 0 radical (unpaired) electrons. The average molecular weight is 466 g/mol. The van der Waals surface area contributed by atoms with Crippen LogP contribution >= 0.6 is 0 Å². The van der Waals surface area contributed by atoms with Crippen LogP contribution in [0.1, 0.15) is 35.3 Å². The number of aliphatic hydroxyl groups excluding tert-OH is 1. The first kappa shape index (κ1) is 25.2. The third kappa shape index (κ3) is 6.13. The van der Waals surface area contributed by atoms with Gasteiger partial charge in [0.05, 0.1) is 19.2 Å². The number of likely N-dealkylation sites (N-methyl/N-ethyl adjacent to an activating group) is 1. The van der Waals surface area contributed by atoms with Gasteiger partial charge in [-0.2, -0.15) is 0 Å². The number of aromatic nitrogens is 1. The molecular weight excluding hydrogens is 434 g/mol. The van der Waals surface area contributed by atoms with Gasteiger partial charge in [-0.15, -0.1) is 0 Å². The highest BCUT2D eigenvalue weighted by Crippen LogP contribution is 2.27. The Morgan fingerprint density at radius 3 is 2.71 bits per heavy atom. The first-order valence-electron chi connectivity index (χ1n) is 11.2. The standard InChI is InChI=1S/C26H31N3O5/c1-18-14-29(19(2)16-30)26(32)22-12-21(11-10-20-8-6-5-7-9-20)13-27-25(22)34-23(18)15-28(3)24(31)17-33-4/h5-9,12-13,18-19,23,30H,14-17H2,1-4H3/t18-,19-,23-/m0/s1. The number of rotatable bonds is 6. The lowest BCUT2D eigenvalue weighted by atomic mass is 10.00. The van der Waals surface area contributed by atoms with Crippen LogP contribution in [0, 0.1) is 17.8 Å². The second kappa shape index (κ2) is 11.6. The van der Waals surface area contributed by atoms with Crippen molar-refractivity contribution in [3.8, 4) is 17.7 Å². The predicted molar refractivity (Wildman–Crippen MR) is 127 cm³/mol. The summed E-state index contributed by atoms with van der Waals surface area (Å²) in [5, 5.41) is 9.78. The van der Waals surface area contributed by atoms with Gasteiger partial charge in [-0.25, -0.2) is 4.98 Å². The maximum atomic E-state index is 13.4. The minimum absolute atomic E-state index is 0.0258. The van der Waals surface area contributed by atoms with E-state index in [9.17, 15) is 14.7 Å². The lowest BCUT2D eigenvalue weighted by molar-refractivity contribution is -0.135. The van der Waals surface area contributed by atoms with Crippen molar-refractivity contribution >= 4 is 11.8 Å². The van der Waals surface area contributed by atoms with Gasteiger partial charge in [0.25, 0.3) is 5.91 Å². The molecule has 180 valence electrons. The summed E-state index contributed by atoms with van der Waals surface area (Å²) in [7, 11) is 3.16. The average Bonchev–Trinajstić information content (AvgIpc) is 2.85. The van der Waals surface area contributed by atoms with Crippen molar-refractivity contribution in [3.63, 3.8) is 0 Å². The highest BCUT2D eigenvalue weighted by molar-refractivity contribution is 5.97. The zero-order valence-corrected chi connectivity index (χ0v) is 20.0. The SMILES string of the molecule is COCC(=O)N(C)C[C@@H]1Oc2ncc(C#Cc3ccccc3)cc2C(=O)N([C@@H](C)CO)C[C@@H]1C. The van der Waals surface area contributed by atoms with Crippen molar-refractivity contribution < 1.29 is 24.2 Å². The number of benzene rings is 1. The van der Waals surface area contributed by atoms with Gasteiger partial charge in [-0.3, -0.25) is 9.59 Å². The number of pyridine rings is 1. The first-order chi connectivity index (χ1) is 16.3. The van der Waals surface area contributed by atoms with E-state index in [4.69, 9.17) is 9.47 Å². The number of ether oxygens (including phenoxy) is 2. The Labute approximate surface area is 200 Å². The summed E-state index contributed by atoms with van der Waals surface area (Å²) in [5.74, 6) is 5.74. The Balaban J connectivity index is 1.96. The van der Waals surface area contributed by atoms with E-state index in [1.54, 1.807) is 36.0 Å². The summed E-state index contributed by atoms with van der Waals surface area (Å²) >= 11 is 0. The molecule has 0 saturated heterocycles. The Bertz CT molecular complexity index is 1060. The number of methoxy groups -OCH3 is 1. The second-order valence-corrected chi connectivity index (χ2v) is 8.52. The van der Waals surface area contributed by atoms with Crippen LogP contribution in [0.25, 0.3) is 0 Å². The van der Waals surface area contributed by atoms with Gasteiger partial charge in [-0.1, -0.05) is 37.0 Å². The van der Waals surface area contributed by atoms with E-state index in [2.05, 4.69) is 16.8 Å². The lowest BCUT2D eigenvalue weighted by Crippen LogP contribution is -2.50. The topological polar surface area (TPSA) is 92.2 Å². The first-order valence-corrected chi connectivity index (χ1v) is 11.2. The molecule has 8 heteroatoms. The molecule has 3 atom stereocenters. The van der Waals surface area contributed by atoms with Crippen LogP contribution < -0.4 is 4.74 Å². The summed E-state index contributed by atoms with van der Waals surface area (Å²) in [6.07, 6.45) is 1.16. The van der Waals surface area contributed by atoms with Crippen LogP contribution in [0.4, 0.5) is 0 Å². The molecule has 1 aromatic heterocycles. The van der Waals surface area contributed by atoms with E-state index < -0.39 is 12.1 Å². The number of fused-ring (bicyclic) bond motifs is 1. The minimum Gasteiger partial charge on any atom is -0.472 e. The third-order valence-electron chi connectivity index (χ3n) is 5.79. The minimum atomic E-state index is -0.417.